The average molecular weight is 294 g/mol. The number of amides is 1. The van der Waals surface area contributed by atoms with Gasteiger partial charge in [-0.05, 0) is 37.0 Å². The monoisotopic (exact) mass is 294 g/mol. The minimum atomic E-state index is -1.04. The molecule has 1 aliphatic carbocycles. The van der Waals surface area contributed by atoms with Crippen LogP contribution < -0.4 is 10.2 Å². The molecule has 1 aliphatic heterocycles. The molecule has 2 aliphatic rings. The number of benzene rings is 1. The highest BCUT2D eigenvalue weighted by Gasteiger charge is 2.40. The summed E-state index contributed by atoms with van der Waals surface area (Å²) in [5.74, 6) is -0.273. The third kappa shape index (κ3) is 2.68. The molecule has 0 bridgehead atoms. The molecule has 1 aromatic rings. The molecule has 0 spiro atoms. The number of anilines is 1. The first-order valence-corrected chi connectivity index (χ1v) is 7.25. The molecule has 0 atom stereocenters. The van der Waals surface area contributed by atoms with Gasteiger partial charge in [0.2, 0.25) is 0 Å². The number of carboxylic acid groups (broad SMARTS) is 1. The van der Waals surface area contributed by atoms with Gasteiger partial charge in [0, 0.05) is 13.1 Å². The van der Waals surface area contributed by atoms with Gasteiger partial charge in [-0.3, -0.25) is 0 Å². The average Bonchev–Trinajstić information content (AvgIpc) is 2.44. The van der Waals surface area contributed by atoms with Crippen molar-refractivity contribution in [1.82, 2.24) is 5.32 Å². The van der Waals surface area contributed by atoms with E-state index < -0.39 is 11.6 Å². The van der Waals surface area contributed by atoms with Gasteiger partial charge < -0.3 is 20.1 Å². The van der Waals surface area contributed by atoms with Crippen molar-refractivity contribution in [3.8, 4) is 0 Å². The van der Waals surface area contributed by atoms with Crippen LogP contribution in [-0.4, -0.2) is 37.5 Å². The first-order valence-electron chi connectivity index (χ1n) is 7.25. The lowest BCUT2D eigenvalue weighted by molar-refractivity contribution is 0.122. The fraction of sp³-hybridized carbons (Fsp3) is 0.533. The van der Waals surface area contributed by atoms with Crippen LogP contribution in [0.2, 0.25) is 0 Å². The van der Waals surface area contributed by atoms with Crippen molar-refractivity contribution in [2.45, 2.75) is 24.8 Å². The molecule has 0 aromatic heterocycles. The van der Waals surface area contributed by atoms with Crippen molar-refractivity contribution in [2.24, 2.45) is 0 Å². The molecular weight excluding hydrogens is 275 g/mol. The molecule has 114 valence electrons. The van der Waals surface area contributed by atoms with Gasteiger partial charge in [0.25, 0.3) is 0 Å². The van der Waals surface area contributed by atoms with Crippen LogP contribution >= 0.6 is 0 Å². The lowest BCUT2D eigenvalue weighted by Crippen LogP contribution is -2.50. The van der Waals surface area contributed by atoms with E-state index in [4.69, 9.17) is 9.84 Å². The van der Waals surface area contributed by atoms with Crippen molar-refractivity contribution in [2.75, 3.05) is 31.2 Å². The maximum Gasteiger partial charge on any atom is 0.405 e. The number of nitrogens with one attached hydrogen (secondary N) is 1. The highest BCUT2D eigenvalue weighted by molar-refractivity contribution is 5.67. The Labute approximate surface area is 122 Å². The molecule has 0 radical (unpaired) electrons. The Morgan fingerprint density at radius 3 is 2.62 bits per heavy atom. The van der Waals surface area contributed by atoms with Crippen LogP contribution in [0.25, 0.3) is 0 Å². The standard InChI is InChI=1S/C15H19FN2O3/c16-12-3-2-11(15(4-1-5-15)17-14(19)20)10-13(12)18-6-8-21-9-7-18/h2-3,10,17H,1,4-9H2,(H,19,20). The summed E-state index contributed by atoms with van der Waals surface area (Å²) in [6.07, 6.45) is 1.46. The number of morpholine rings is 1. The van der Waals surface area contributed by atoms with E-state index in [2.05, 4.69) is 5.32 Å². The minimum Gasteiger partial charge on any atom is -0.465 e. The second-order valence-corrected chi connectivity index (χ2v) is 5.63. The molecule has 1 heterocycles. The molecule has 2 N–H and O–H groups in total. The molecule has 0 unspecified atom stereocenters. The maximum atomic E-state index is 14.1. The highest BCUT2D eigenvalue weighted by atomic mass is 19.1. The van der Waals surface area contributed by atoms with Gasteiger partial charge >= 0.3 is 6.09 Å². The van der Waals surface area contributed by atoms with E-state index in [-0.39, 0.29) is 5.82 Å². The summed E-state index contributed by atoms with van der Waals surface area (Å²) >= 11 is 0. The highest BCUT2D eigenvalue weighted by Crippen LogP contribution is 2.42. The number of hydrogen-bond donors (Lipinski definition) is 2. The fourth-order valence-electron chi connectivity index (χ4n) is 3.08. The van der Waals surface area contributed by atoms with Crippen LogP contribution in [0.3, 0.4) is 0 Å². The Hall–Kier alpha value is -1.82. The Morgan fingerprint density at radius 2 is 2.05 bits per heavy atom. The topological polar surface area (TPSA) is 61.8 Å². The quantitative estimate of drug-likeness (QED) is 0.898. The van der Waals surface area contributed by atoms with Crippen LogP contribution in [-0.2, 0) is 10.3 Å². The van der Waals surface area contributed by atoms with Gasteiger partial charge in [-0.25, -0.2) is 9.18 Å². The molecule has 1 amide bonds. The number of hydrogen-bond acceptors (Lipinski definition) is 3. The Kier molecular flexibility index (Phi) is 3.71. The molecule has 1 saturated carbocycles. The zero-order valence-electron chi connectivity index (χ0n) is 11.8. The van der Waals surface area contributed by atoms with Gasteiger partial charge in [0.1, 0.15) is 5.82 Å². The third-order valence-corrected chi connectivity index (χ3v) is 4.40. The van der Waals surface area contributed by atoms with Crippen LogP contribution in [0.1, 0.15) is 24.8 Å². The van der Waals surface area contributed by atoms with Gasteiger partial charge in [-0.15, -0.1) is 0 Å². The first kappa shape index (κ1) is 14.1. The van der Waals surface area contributed by atoms with Crippen molar-refractivity contribution >= 4 is 11.8 Å². The normalized spacial score (nSPS) is 20.7. The minimum absolute atomic E-state index is 0.273. The maximum absolute atomic E-state index is 14.1. The SMILES string of the molecule is O=C(O)NC1(c2ccc(F)c(N3CCOCC3)c2)CCC1. The number of rotatable bonds is 3. The summed E-state index contributed by atoms with van der Waals surface area (Å²) in [5, 5.41) is 11.6. The molecule has 3 rings (SSSR count). The second-order valence-electron chi connectivity index (χ2n) is 5.63. The summed E-state index contributed by atoms with van der Waals surface area (Å²) in [6, 6.07) is 4.91. The number of carbonyl (C=O) groups is 1. The Balaban J connectivity index is 1.91. The molecular formula is C15H19FN2O3. The number of halogens is 1. The van der Waals surface area contributed by atoms with Crippen molar-refractivity contribution in [3.05, 3.63) is 29.6 Å². The zero-order valence-corrected chi connectivity index (χ0v) is 11.8. The van der Waals surface area contributed by atoms with Crippen LogP contribution in [0.5, 0.6) is 0 Å². The van der Waals surface area contributed by atoms with E-state index in [0.717, 1.165) is 24.8 Å². The van der Waals surface area contributed by atoms with E-state index in [1.165, 1.54) is 6.07 Å². The van der Waals surface area contributed by atoms with Crippen molar-refractivity contribution in [3.63, 3.8) is 0 Å². The summed E-state index contributed by atoms with van der Waals surface area (Å²) < 4.78 is 19.4. The van der Waals surface area contributed by atoms with Crippen LogP contribution in [0.4, 0.5) is 14.9 Å². The van der Waals surface area contributed by atoms with E-state index in [1.54, 1.807) is 12.1 Å². The van der Waals surface area contributed by atoms with E-state index in [9.17, 15) is 9.18 Å². The van der Waals surface area contributed by atoms with E-state index >= 15 is 0 Å². The number of ether oxygens (including phenoxy) is 1. The summed E-state index contributed by atoms with van der Waals surface area (Å²) in [6.45, 7) is 2.48. The van der Waals surface area contributed by atoms with Crippen LogP contribution in [0, 0.1) is 5.82 Å². The second kappa shape index (κ2) is 5.52. The van der Waals surface area contributed by atoms with Gasteiger partial charge in [-0.1, -0.05) is 6.07 Å². The Morgan fingerprint density at radius 1 is 1.33 bits per heavy atom. The lowest BCUT2D eigenvalue weighted by atomic mass is 9.72. The lowest BCUT2D eigenvalue weighted by Gasteiger charge is -2.42. The Bertz CT molecular complexity index is 540. The molecule has 5 nitrogen and oxygen atoms in total. The number of nitrogens with zero attached hydrogens (tertiary/aromatic N) is 1. The largest absolute Gasteiger partial charge is 0.465 e. The first-order chi connectivity index (χ1) is 10.1. The van der Waals surface area contributed by atoms with Crippen molar-refractivity contribution < 1.29 is 19.0 Å². The molecule has 2 fully saturated rings. The predicted molar refractivity (Wildman–Crippen MR) is 76.1 cm³/mol. The fourth-order valence-corrected chi connectivity index (χ4v) is 3.08. The summed E-state index contributed by atoms with van der Waals surface area (Å²) in [5.41, 5.74) is 0.828. The van der Waals surface area contributed by atoms with E-state index in [0.29, 0.717) is 32.0 Å². The van der Waals surface area contributed by atoms with Gasteiger partial charge in [0.15, 0.2) is 0 Å². The van der Waals surface area contributed by atoms with E-state index in [1.807, 2.05) is 4.90 Å². The molecule has 1 saturated heterocycles. The smallest absolute Gasteiger partial charge is 0.405 e. The third-order valence-electron chi connectivity index (χ3n) is 4.40. The van der Waals surface area contributed by atoms with Crippen LogP contribution in [0.15, 0.2) is 18.2 Å². The summed E-state index contributed by atoms with van der Waals surface area (Å²) in [4.78, 5) is 13.0. The van der Waals surface area contributed by atoms with Crippen molar-refractivity contribution in [1.29, 1.82) is 0 Å². The zero-order chi connectivity index (χ0) is 14.9. The molecule has 21 heavy (non-hydrogen) atoms. The predicted octanol–water partition coefficient (Wildman–Crippen LogP) is 2.31. The summed E-state index contributed by atoms with van der Waals surface area (Å²) in [7, 11) is 0. The van der Waals surface area contributed by atoms with Gasteiger partial charge in [-0.2, -0.15) is 0 Å². The molecule has 1 aromatic carbocycles. The van der Waals surface area contributed by atoms with Gasteiger partial charge in [0.05, 0.1) is 24.4 Å². The molecule has 6 heteroatoms.